The fourth-order valence-corrected chi connectivity index (χ4v) is 2.62. The van der Waals surface area contributed by atoms with Crippen LogP contribution in [0.25, 0.3) is 11.0 Å². The van der Waals surface area contributed by atoms with Crippen LogP contribution < -0.4 is 0 Å². The lowest BCUT2D eigenvalue weighted by atomic mass is 10.1. The first kappa shape index (κ1) is 16.1. The molecule has 124 valence electrons. The standard InChI is InChI=1S/2C9H11N3/c1-7(2)9-8-3-4-10-5-12(8)6-11-9;1-7(2)9-8-4-3-5-11-12(8)6-10-9/h2*3-7H,1-2H3. The fourth-order valence-electron chi connectivity index (χ4n) is 2.62. The molecule has 4 rings (SSSR count). The minimum absolute atomic E-state index is 0.458. The smallest absolute Gasteiger partial charge is 0.118 e. The van der Waals surface area contributed by atoms with Gasteiger partial charge in [0.1, 0.15) is 19.0 Å². The minimum Gasteiger partial charge on any atom is -0.289 e. The van der Waals surface area contributed by atoms with E-state index in [4.69, 9.17) is 0 Å². The van der Waals surface area contributed by atoms with Crippen LogP contribution in [0.5, 0.6) is 0 Å². The molecular weight excluding hydrogens is 300 g/mol. The summed E-state index contributed by atoms with van der Waals surface area (Å²) in [5, 5.41) is 4.14. The lowest BCUT2D eigenvalue weighted by Gasteiger charge is -1.99. The van der Waals surface area contributed by atoms with E-state index in [0.29, 0.717) is 11.8 Å². The number of rotatable bonds is 2. The summed E-state index contributed by atoms with van der Waals surface area (Å²) in [7, 11) is 0. The molecule has 0 saturated heterocycles. The van der Waals surface area contributed by atoms with Gasteiger partial charge in [-0.05, 0) is 30.0 Å². The number of fused-ring (bicyclic) bond motifs is 2. The lowest BCUT2D eigenvalue weighted by Crippen LogP contribution is -1.90. The normalized spacial score (nSPS) is 11.2. The van der Waals surface area contributed by atoms with E-state index in [1.54, 1.807) is 35.9 Å². The Labute approximate surface area is 141 Å². The Balaban J connectivity index is 0.000000141. The van der Waals surface area contributed by atoms with Gasteiger partial charge in [-0.1, -0.05) is 27.7 Å². The molecule has 0 bridgehead atoms. The topological polar surface area (TPSA) is 60.4 Å². The van der Waals surface area contributed by atoms with Crippen molar-refractivity contribution in [1.29, 1.82) is 0 Å². The molecule has 24 heavy (non-hydrogen) atoms. The van der Waals surface area contributed by atoms with Crippen LogP contribution in [-0.2, 0) is 0 Å². The molecule has 6 nitrogen and oxygen atoms in total. The highest BCUT2D eigenvalue weighted by atomic mass is 15.2. The van der Waals surface area contributed by atoms with Crippen molar-refractivity contribution in [2.24, 2.45) is 0 Å². The molecule has 4 heterocycles. The summed E-state index contributed by atoms with van der Waals surface area (Å²) in [4.78, 5) is 12.6. The molecule has 0 aliphatic heterocycles. The Kier molecular flexibility index (Phi) is 4.55. The molecular formula is C18H22N6. The molecule has 0 radical (unpaired) electrons. The monoisotopic (exact) mass is 322 g/mol. The summed E-state index contributed by atoms with van der Waals surface area (Å²) in [5.41, 5.74) is 4.51. The lowest BCUT2D eigenvalue weighted by molar-refractivity contribution is 0.841. The van der Waals surface area contributed by atoms with E-state index in [9.17, 15) is 0 Å². The SMILES string of the molecule is CC(C)c1ncn2cnccc12.CC(C)c1ncn2ncccc12. The largest absolute Gasteiger partial charge is 0.289 e. The van der Waals surface area contributed by atoms with Crippen LogP contribution in [0.15, 0.2) is 49.6 Å². The highest BCUT2D eigenvalue weighted by molar-refractivity contribution is 5.52. The number of imidazole rings is 2. The van der Waals surface area contributed by atoms with Gasteiger partial charge in [-0.25, -0.2) is 19.5 Å². The molecule has 0 fully saturated rings. The molecule has 0 saturated carbocycles. The molecule has 0 aliphatic rings. The van der Waals surface area contributed by atoms with Gasteiger partial charge in [0.05, 0.1) is 22.4 Å². The van der Waals surface area contributed by atoms with Gasteiger partial charge in [-0.2, -0.15) is 5.10 Å². The predicted molar refractivity (Wildman–Crippen MR) is 94.2 cm³/mol. The van der Waals surface area contributed by atoms with Crippen molar-refractivity contribution < 1.29 is 0 Å². The van der Waals surface area contributed by atoms with Crippen LogP contribution >= 0.6 is 0 Å². The highest BCUT2D eigenvalue weighted by Crippen LogP contribution is 2.17. The van der Waals surface area contributed by atoms with Gasteiger partial charge in [-0.3, -0.25) is 4.40 Å². The zero-order chi connectivity index (χ0) is 17.1. The summed E-state index contributed by atoms with van der Waals surface area (Å²) in [6, 6.07) is 5.96. The van der Waals surface area contributed by atoms with Crippen molar-refractivity contribution in [3.05, 3.63) is 61.0 Å². The van der Waals surface area contributed by atoms with Gasteiger partial charge in [0.25, 0.3) is 0 Å². The molecule has 0 spiro atoms. The minimum atomic E-state index is 0.458. The van der Waals surface area contributed by atoms with E-state index in [-0.39, 0.29) is 0 Å². The van der Waals surface area contributed by atoms with Crippen LogP contribution in [-0.4, -0.2) is 29.0 Å². The molecule has 0 atom stereocenters. The molecule has 0 N–H and O–H groups in total. The quantitative estimate of drug-likeness (QED) is 0.564. The fraction of sp³-hybridized carbons (Fsp3) is 0.333. The van der Waals surface area contributed by atoms with E-state index in [0.717, 1.165) is 22.4 Å². The first-order valence-corrected chi connectivity index (χ1v) is 8.12. The zero-order valence-electron chi connectivity index (χ0n) is 14.5. The summed E-state index contributed by atoms with van der Waals surface area (Å²) in [6.45, 7) is 8.55. The van der Waals surface area contributed by atoms with Crippen LogP contribution in [0.3, 0.4) is 0 Å². The third-order valence-corrected chi connectivity index (χ3v) is 3.81. The molecule has 6 heteroatoms. The van der Waals surface area contributed by atoms with Gasteiger partial charge in [0, 0.05) is 12.4 Å². The van der Waals surface area contributed by atoms with Crippen LogP contribution in [0.2, 0.25) is 0 Å². The van der Waals surface area contributed by atoms with E-state index in [2.05, 4.69) is 47.7 Å². The van der Waals surface area contributed by atoms with Gasteiger partial charge in [0.2, 0.25) is 0 Å². The second-order valence-electron chi connectivity index (χ2n) is 6.30. The maximum Gasteiger partial charge on any atom is 0.118 e. The summed E-state index contributed by atoms with van der Waals surface area (Å²) in [6.07, 6.45) is 8.89. The van der Waals surface area contributed by atoms with Crippen molar-refractivity contribution in [3.8, 4) is 0 Å². The van der Waals surface area contributed by atoms with Gasteiger partial charge >= 0.3 is 0 Å². The predicted octanol–water partition coefficient (Wildman–Crippen LogP) is 3.71. The van der Waals surface area contributed by atoms with E-state index in [1.165, 1.54) is 0 Å². The summed E-state index contributed by atoms with van der Waals surface area (Å²) in [5.74, 6) is 0.927. The molecule has 0 amide bonds. The molecule has 4 aromatic rings. The van der Waals surface area contributed by atoms with Crippen molar-refractivity contribution in [3.63, 3.8) is 0 Å². The van der Waals surface area contributed by atoms with Crippen LogP contribution in [0.1, 0.15) is 50.9 Å². The van der Waals surface area contributed by atoms with E-state index in [1.807, 2.05) is 22.6 Å². The van der Waals surface area contributed by atoms with Gasteiger partial charge < -0.3 is 0 Å². The first-order valence-electron chi connectivity index (χ1n) is 8.12. The molecule has 0 aliphatic carbocycles. The van der Waals surface area contributed by atoms with E-state index >= 15 is 0 Å². The van der Waals surface area contributed by atoms with Crippen molar-refractivity contribution in [1.82, 2.24) is 29.0 Å². The number of nitrogens with zero attached hydrogens (tertiary/aromatic N) is 6. The van der Waals surface area contributed by atoms with Crippen molar-refractivity contribution in [2.45, 2.75) is 39.5 Å². The Morgan fingerprint density at radius 1 is 0.792 bits per heavy atom. The second-order valence-corrected chi connectivity index (χ2v) is 6.30. The Morgan fingerprint density at radius 2 is 1.50 bits per heavy atom. The number of hydrogen-bond acceptors (Lipinski definition) is 4. The average Bonchev–Trinajstić information content (AvgIpc) is 3.19. The summed E-state index contributed by atoms with van der Waals surface area (Å²) < 4.78 is 3.74. The van der Waals surface area contributed by atoms with Gasteiger partial charge in [-0.15, -0.1) is 0 Å². The Hall–Kier alpha value is -2.76. The Morgan fingerprint density at radius 3 is 2.25 bits per heavy atom. The zero-order valence-corrected chi connectivity index (χ0v) is 14.5. The Bertz CT molecular complexity index is 857. The molecule has 0 unspecified atom stereocenters. The van der Waals surface area contributed by atoms with E-state index < -0.39 is 0 Å². The van der Waals surface area contributed by atoms with Crippen molar-refractivity contribution in [2.75, 3.05) is 0 Å². The highest BCUT2D eigenvalue weighted by Gasteiger charge is 2.07. The van der Waals surface area contributed by atoms with Crippen LogP contribution in [0.4, 0.5) is 0 Å². The third kappa shape index (κ3) is 3.13. The summed E-state index contributed by atoms with van der Waals surface area (Å²) >= 11 is 0. The van der Waals surface area contributed by atoms with Gasteiger partial charge in [0.15, 0.2) is 0 Å². The second kappa shape index (κ2) is 6.78. The first-order chi connectivity index (χ1) is 11.6. The molecule has 4 aromatic heterocycles. The maximum absolute atomic E-state index is 4.32. The van der Waals surface area contributed by atoms with Crippen LogP contribution in [0, 0.1) is 0 Å². The molecule has 0 aromatic carbocycles. The number of aromatic nitrogens is 6. The third-order valence-electron chi connectivity index (χ3n) is 3.81. The number of hydrogen-bond donors (Lipinski definition) is 0. The maximum atomic E-state index is 4.32. The van der Waals surface area contributed by atoms with Crippen molar-refractivity contribution >= 4 is 11.0 Å². The average molecular weight is 322 g/mol.